The molecule has 26 heavy (non-hydrogen) atoms. The average Bonchev–Trinajstić information content (AvgIpc) is 3.29. The molecular weight excluding hydrogens is 358 g/mol. The lowest BCUT2D eigenvalue weighted by Crippen LogP contribution is -2.48. The summed E-state index contributed by atoms with van der Waals surface area (Å²) in [6.45, 7) is 2.69. The number of fused-ring (bicyclic) bond motifs is 1. The number of hydrogen-bond acceptors (Lipinski definition) is 8. The van der Waals surface area contributed by atoms with Gasteiger partial charge in [-0.3, -0.25) is 4.90 Å². The van der Waals surface area contributed by atoms with Crippen molar-refractivity contribution in [2.45, 2.75) is 18.0 Å². The van der Waals surface area contributed by atoms with E-state index in [0.29, 0.717) is 55.5 Å². The van der Waals surface area contributed by atoms with Gasteiger partial charge in [-0.25, -0.2) is 13.4 Å². The third-order valence-electron chi connectivity index (χ3n) is 4.41. The van der Waals surface area contributed by atoms with Crippen molar-refractivity contribution in [2.24, 2.45) is 5.73 Å². The van der Waals surface area contributed by atoms with E-state index >= 15 is 0 Å². The Kier molecular flexibility index (Phi) is 4.44. The molecule has 0 saturated carbocycles. The smallest absolute Gasteiger partial charge is 0.245 e. The Morgan fingerprint density at radius 2 is 2.08 bits per heavy atom. The Bertz CT molecular complexity index is 1010. The average molecular weight is 377 g/mol. The summed E-state index contributed by atoms with van der Waals surface area (Å²) in [5, 5.41) is 4.48. The standard InChI is InChI=1S/C15H19N7O3S/c16-8-14-19-13(20-25-14)10-21-4-6-22(7-5-21)26(23,24)12-9-18-15-11(12)2-1-3-17-15/h1-3,9H,4-8,10,16H2,(H,17,18). The molecule has 0 radical (unpaired) electrons. The molecule has 0 amide bonds. The van der Waals surface area contributed by atoms with Crippen molar-refractivity contribution in [3.05, 3.63) is 36.2 Å². The molecular formula is C15H19N7O3S. The van der Waals surface area contributed by atoms with Gasteiger partial charge < -0.3 is 15.2 Å². The number of pyridine rings is 1. The first-order chi connectivity index (χ1) is 12.6. The topological polar surface area (TPSA) is 134 Å². The molecule has 1 aliphatic heterocycles. The minimum atomic E-state index is -3.57. The number of aromatic amines is 1. The van der Waals surface area contributed by atoms with Crippen LogP contribution in [0.2, 0.25) is 0 Å². The zero-order valence-electron chi connectivity index (χ0n) is 14.0. The van der Waals surface area contributed by atoms with E-state index in [-0.39, 0.29) is 11.4 Å². The van der Waals surface area contributed by atoms with Gasteiger partial charge in [-0.15, -0.1) is 0 Å². The van der Waals surface area contributed by atoms with Gasteiger partial charge in [-0.2, -0.15) is 9.29 Å². The second-order valence-corrected chi connectivity index (χ2v) is 7.95. The molecule has 4 heterocycles. The number of nitrogens with two attached hydrogens (primary N) is 1. The number of hydrogen-bond donors (Lipinski definition) is 2. The maximum atomic E-state index is 13.0. The van der Waals surface area contributed by atoms with Gasteiger partial charge in [-0.1, -0.05) is 5.16 Å². The summed E-state index contributed by atoms with van der Waals surface area (Å²) in [4.78, 5) is 13.6. The van der Waals surface area contributed by atoms with Crippen LogP contribution in [-0.2, 0) is 23.1 Å². The van der Waals surface area contributed by atoms with E-state index in [9.17, 15) is 8.42 Å². The number of aromatic nitrogens is 4. The van der Waals surface area contributed by atoms with Gasteiger partial charge in [-0.05, 0) is 12.1 Å². The molecule has 0 spiro atoms. The van der Waals surface area contributed by atoms with Gasteiger partial charge in [0.15, 0.2) is 5.82 Å². The highest BCUT2D eigenvalue weighted by Gasteiger charge is 2.31. The summed E-state index contributed by atoms with van der Waals surface area (Å²) in [6, 6.07) is 3.49. The number of nitrogens with one attached hydrogen (secondary N) is 1. The molecule has 1 fully saturated rings. The van der Waals surface area contributed by atoms with Crippen LogP contribution in [0, 0.1) is 0 Å². The maximum Gasteiger partial charge on any atom is 0.245 e. The molecule has 1 saturated heterocycles. The van der Waals surface area contributed by atoms with E-state index < -0.39 is 10.0 Å². The molecule has 11 heteroatoms. The summed E-state index contributed by atoms with van der Waals surface area (Å²) < 4.78 is 32.4. The molecule has 3 aromatic rings. The van der Waals surface area contributed by atoms with Crippen LogP contribution in [0.15, 0.2) is 33.9 Å². The fourth-order valence-corrected chi connectivity index (χ4v) is 4.62. The lowest BCUT2D eigenvalue weighted by molar-refractivity contribution is 0.176. The van der Waals surface area contributed by atoms with E-state index in [0.717, 1.165) is 0 Å². The van der Waals surface area contributed by atoms with Gasteiger partial charge in [0, 0.05) is 44.0 Å². The highest BCUT2D eigenvalue weighted by molar-refractivity contribution is 7.89. The van der Waals surface area contributed by atoms with Crippen LogP contribution in [0.3, 0.4) is 0 Å². The summed E-state index contributed by atoms with van der Waals surface area (Å²) in [6.07, 6.45) is 3.13. The number of H-pyrrole nitrogens is 1. The first kappa shape index (κ1) is 17.1. The van der Waals surface area contributed by atoms with Gasteiger partial charge >= 0.3 is 0 Å². The SMILES string of the molecule is NCc1nc(CN2CCN(S(=O)(=O)c3c[nH]c4ncccc34)CC2)no1. The Morgan fingerprint density at radius 3 is 2.81 bits per heavy atom. The highest BCUT2D eigenvalue weighted by Crippen LogP contribution is 2.25. The van der Waals surface area contributed by atoms with Crippen LogP contribution < -0.4 is 5.73 Å². The lowest BCUT2D eigenvalue weighted by Gasteiger charge is -2.33. The van der Waals surface area contributed by atoms with Crippen molar-refractivity contribution in [1.82, 2.24) is 29.3 Å². The number of rotatable bonds is 5. The molecule has 138 valence electrons. The third kappa shape index (κ3) is 3.09. The second kappa shape index (κ2) is 6.76. The van der Waals surface area contributed by atoms with E-state index in [4.69, 9.17) is 10.3 Å². The zero-order chi connectivity index (χ0) is 18.1. The zero-order valence-corrected chi connectivity index (χ0v) is 14.8. The fourth-order valence-electron chi connectivity index (χ4n) is 3.05. The van der Waals surface area contributed by atoms with Crippen LogP contribution in [0.4, 0.5) is 0 Å². The lowest BCUT2D eigenvalue weighted by atomic mass is 10.3. The quantitative estimate of drug-likeness (QED) is 0.630. The predicted molar refractivity (Wildman–Crippen MR) is 92.3 cm³/mol. The van der Waals surface area contributed by atoms with E-state index in [1.807, 2.05) is 0 Å². The number of piperazine rings is 1. The van der Waals surface area contributed by atoms with Gasteiger partial charge in [0.05, 0.1) is 13.1 Å². The van der Waals surface area contributed by atoms with Crippen LogP contribution in [-0.4, -0.2) is 63.9 Å². The minimum absolute atomic E-state index is 0.207. The maximum absolute atomic E-state index is 13.0. The van der Waals surface area contributed by atoms with Crippen molar-refractivity contribution in [3.8, 4) is 0 Å². The largest absolute Gasteiger partial charge is 0.345 e. The van der Waals surface area contributed by atoms with E-state index in [1.165, 1.54) is 10.5 Å². The van der Waals surface area contributed by atoms with Crippen LogP contribution in [0.1, 0.15) is 11.7 Å². The molecule has 0 unspecified atom stereocenters. The molecule has 0 bridgehead atoms. The van der Waals surface area contributed by atoms with Crippen molar-refractivity contribution in [2.75, 3.05) is 26.2 Å². The number of nitrogens with zero attached hydrogens (tertiary/aromatic N) is 5. The molecule has 3 aromatic heterocycles. The predicted octanol–water partition coefficient (Wildman–Crippen LogP) is -0.0889. The number of sulfonamides is 1. The summed E-state index contributed by atoms with van der Waals surface area (Å²) in [5.74, 6) is 0.957. The van der Waals surface area contributed by atoms with Crippen molar-refractivity contribution in [3.63, 3.8) is 0 Å². The fraction of sp³-hybridized carbons (Fsp3) is 0.400. The molecule has 10 nitrogen and oxygen atoms in total. The van der Waals surface area contributed by atoms with Gasteiger partial charge in [0.2, 0.25) is 15.9 Å². The van der Waals surface area contributed by atoms with Crippen molar-refractivity contribution >= 4 is 21.1 Å². The highest BCUT2D eigenvalue weighted by atomic mass is 32.2. The Labute approximate surface area is 150 Å². The monoisotopic (exact) mass is 377 g/mol. The molecule has 3 N–H and O–H groups in total. The van der Waals surface area contributed by atoms with Crippen LogP contribution >= 0.6 is 0 Å². The van der Waals surface area contributed by atoms with Crippen molar-refractivity contribution in [1.29, 1.82) is 0 Å². The summed E-state index contributed by atoms with van der Waals surface area (Å²) in [7, 11) is -3.57. The van der Waals surface area contributed by atoms with E-state index in [1.54, 1.807) is 18.3 Å². The summed E-state index contributed by atoms with van der Waals surface area (Å²) in [5.41, 5.74) is 6.03. The first-order valence-electron chi connectivity index (χ1n) is 8.24. The first-order valence-corrected chi connectivity index (χ1v) is 9.68. The molecule has 0 atom stereocenters. The Hall–Kier alpha value is -2.34. The Balaban J connectivity index is 1.45. The van der Waals surface area contributed by atoms with Crippen LogP contribution in [0.25, 0.3) is 11.0 Å². The minimum Gasteiger partial charge on any atom is -0.345 e. The summed E-state index contributed by atoms with van der Waals surface area (Å²) >= 11 is 0. The van der Waals surface area contributed by atoms with E-state index in [2.05, 4.69) is 25.0 Å². The third-order valence-corrected chi connectivity index (χ3v) is 6.35. The second-order valence-electron chi connectivity index (χ2n) is 6.04. The van der Waals surface area contributed by atoms with Crippen molar-refractivity contribution < 1.29 is 12.9 Å². The van der Waals surface area contributed by atoms with Crippen LogP contribution in [0.5, 0.6) is 0 Å². The molecule has 0 aliphatic carbocycles. The molecule has 0 aromatic carbocycles. The van der Waals surface area contributed by atoms with Gasteiger partial charge in [0.25, 0.3) is 0 Å². The Morgan fingerprint density at radius 1 is 1.27 bits per heavy atom. The molecule has 4 rings (SSSR count). The molecule has 1 aliphatic rings. The normalized spacial score (nSPS) is 17.1. The van der Waals surface area contributed by atoms with Gasteiger partial charge in [0.1, 0.15) is 10.5 Å².